The molecule has 1 aliphatic rings. The summed E-state index contributed by atoms with van der Waals surface area (Å²) in [6.07, 6.45) is 1.38. The third-order valence-electron chi connectivity index (χ3n) is 5.13. The lowest BCUT2D eigenvalue weighted by Crippen LogP contribution is -2.16. The Morgan fingerprint density at radius 3 is 2.55 bits per heavy atom. The highest BCUT2D eigenvalue weighted by molar-refractivity contribution is 9.10. The molecule has 0 bridgehead atoms. The van der Waals surface area contributed by atoms with Crippen LogP contribution in [0.1, 0.15) is 5.56 Å². The van der Waals surface area contributed by atoms with Gasteiger partial charge in [0.25, 0.3) is 5.69 Å². The molecule has 0 spiro atoms. The van der Waals surface area contributed by atoms with E-state index >= 15 is 0 Å². The van der Waals surface area contributed by atoms with Crippen molar-refractivity contribution in [2.75, 3.05) is 18.6 Å². The van der Waals surface area contributed by atoms with Crippen molar-refractivity contribution in [1.29, 1.82) is 0 Å². The summed E-state index contributed by atoms with van der Waals surface area (Å²) in [5, 5.41) is 16.7. The molecule has 0 radical (unpaired) electrons. The molecule has 1 aromatic heterocycles. The van der Waals surface area contributed by atoms with E-state index in [1.54, 1.807) is 6.07 Å². The molecule has 9 heteroatoms. The Morgan fingerprint density at radius 2 is 1.79 bits per heavy atom. The highest BCUT2D eigenvalue weighted by atomic mass is 79.9. The average Bonchev–Trinajstić information content (AvgIpc) is 2.83. The fourth-order valence-corrected chi connectivity index (χ4v) is 4.00. The lowest BCUT2D eigenvalue weighted by molar-refractivity contribution is -0.385. The van der Waals surface area contributed by atoms with E-state index in [4.69, 9.17) is 9.47 Å². The van der Waals surface area contributed by atoms with E-state index in [1.807, 2.05) is 54.6 Å². The number of nitro benzene ring substituents is 1. The van der Waals surface area contributed by atoms with Gasteiger partial charge in [-0.1, -0.05) is 46.3 Å². The van der Waals surface area contributed by atoms with E-state index in [0.717, 1.165) is 26.5 Å². The van der Waals surface area contributed by atoms with Gasteiger partial charge in [-0.3, -0.25) is 15.5 Å². The van der Waals surface area contributed by atoms with E-state index in [9.17, 15) is 10.1 Å². The van der Waals surface area contributed by atoms with Gasteiger partial charge in [-0.15, -0.1) is 0 Å². The summed E-state index contributed by atoms with van der Waals surface area (Å²) in [7, 11) is 0. The summed E-state index contributed by atoms with van der Waals surface area (Å²) in [5.74, 6) is 1.32. The first-order valence-electron chi connectivity index (χ1n) is 10.1. The summed E-state index contributed by atoms with van der Waals surface area (Å²) in [6, 6.07) is 20.7. The molecule has 33 heavy (non-hydrogen) atoms. The zero-order chi connectivity index (χ0) is 22.8. The summed E-state index contributed by atoms with van der Waals surface area (Å²) in [5.41, 5.74) is 5.91. The molecule has 2 heterocycles. The Kier molecular flexibility index (Phi) is 5.62. The molecule has 0 unspecified atom stereocenters. The van der Waals surface area contributed by atoms with Gasteiger partial charge in [-0.2, -0.15) is 5.10 Å². The number of aromatic nitrogens is 1. The van der Waals surface area contributed by atoms with Crippen molar-refractivity contribution < 1.29 is 14.4 Å². The third-order valence-corrected chi connectivity index (χ3v) is 5.62. The zero-order valence-corrected chi connectivity index (χ0v) is 18.8. The maximum atomic E-state index is 11.5. The van der Waals surface area contributed by atoms with Crippen LogP contribution in [0.4, 0.5) is 11.5 Å². The molecule has 5 rings (SSSR count). The first kappa shape index (κ1) is 20.9. The smallest absolute Gasteiger partial charge is 0.282 e. The highest BCUT2D eigenvalue weighted by Crippen LogP contribution is 2.36. The van der Waals surface area contributed by atoms with Crippen LogP contribution in [0.2, 0.25) is 0 Å². The van der Waals surface area contributed by atoms with Gasteiger partial charge >= 0.3 is 0 Å². The summed E-state index contributed by atoms with van der Waals surface area (Å²) >= 11 is 3.53. The number of nitrogens with zero attached hydrogens (tertiary/aromatic N) is 3. The van der Waals surface area contributed by atoms with Gasteiger partial charge in [0.15, 0.2) is 11.5 Å². The second-order valence-electron chi connectivity index (χ2n) is 7.26. The number of hydrogen-bond acceptors (Lipinski definition) is 7. The first-order valence-corrected chi connectivity index (χ1v) is 10.9. The second-order valence-corrected chi connectivity index (χ2v) is 8.18. The molecule has 0 fully saturated rings. The minimum Gasteiger partial charge on any atom is -0.486 e. The predicted octanol–water partition coefficient (Wildman–Crippen LogP) is 5.79. The molecule has 0 atom stereocenters. The number of rotatable bonds is 5. The molecule has 0 saturated carbocycles. The summed E-state index contributed by atoms with van der Waals surface area (Å²) in [6.45, 7) is 0.742. The van der Waals surface area contributed by atoms with Gasteiger partial charge in [0.2, 0.25) is 0 Å². The van der Waals surface area contributed by atoms with Gasteiger partial charge in [0, 0.05) is 9.86 Å². The standard InChI is InChI=1S/C24H17BrN4O4/c25-17-6-7-20-19(11-17)18(15-4-2-1-3-5-15)12-24(27-20)28-26-14-16-10-22-23(33-9-8-32-22)13-21(16)29(30)31/h1-7,10-14H,8-9H2,(H,27,28)/b26-14+. The van der Waals surface area contributed by atoms with Gasteiger partial charge in [-0.05, 0) is 41.5 Å². The minimum absolute atomic E-state index is 0.119. The minimum atomic E-state index is -0.473. The number of halogens is 1. The number of fused-ring (bicyclic) bond motifs is 2. The van der Waals surface area contributed by atoms with Crippen molar-refractivity contribution in [3.05, 3.63) is 86.9 Å². The topological polar surface area (TPSA) is 98.9 Å². The Hall–Kier alpha value is -3.98. The first-order chi connectivity index (χ1) is 16.1. The molecule has 8 nitrogen and oxygen atoms in total. The number of ether oxygens (including phenoxy) is 2. The van der Waals surface area contributed by atoms with Crippen LogP contribution in [0.3, 0.4) is 0 Å². The number of anilines is 1. The molecule has 1 aliphatic heterocycles. The van der Waals surface area contributed by atoms with Crippen molar-refractivity contribution in [3.63, 3.8) is 0 Å². The van der Waals surface area contributed by atoms with Crippen molar-refractivity contribution in [3.8, 4) is 22.6 Å². The number of nitrogens with one attached hydrogen (secondary N) is 1. The van der Waals surface area contributed by atoms with Crippen molar-refractivity contribution in [1.82, 2.24) is 4.98 Å². The van der Waals surface area contributed by atoms with Crippen molar-refractivity contribution in [2.24, 2.45) is 5.10 Å². The van der Waals surface area contributed by atoms with Crippen LogP contribution in [0.5, 0.6) is 11.5 Å². The van der Waals surface area contributed by atoms with Crippen LogP contribution in [0.25, 0.3) is 22.0 Å². The van der Waals surface area contributed by atoms with Crippen molar-refractivity contribution >= 4 is 44.6 Å². The van der Waals surface area contributed by atoms with Crippen LogP contribution in [-0.4, -0.2) is 29.3 Å². The van der Waals surface area contributed by atoms with Crippen LogP contribution >= 0.6 is 15.9 Å². The lowest BCUT2D eigenvalue weighted by atomic mass is 10.0. The number of pyridine rings is 1. The molecule has 164 valence electrons. The van der Waals surface area contributed by atoms with Crippen LogP contribution in [-0.2, 0) is 0 Å². The number of hydrazone groups is 1. The quantitative estimate of drug-likeness (QED) is 0.210. The van der Waals surface area contributed by atoms with Gasteiger partial charge < -0.3 is 9.47 Å². The Balaban J connectivity index is 1.50. The van der Waals surface area contributed by atoms with E-state index in [2.05, 4.69) is 31.4 Å². The molecule has 4 aromatic rings. The lowest BCUT2D eigenvalue weighted by Gasteiger charge is -2.18. The fraction of sp³-hybridized carbons (Fsp3) is 0.0833. The fourth-order valence-electron chi connectivity index (χ4n) is 3.64. The maximum Gasteiger partial charge on any atom is 0.282 e. The van der Waals surface area contributed by atoms with E-state index in [1.165, 1.54) is 12.3 Å². The van der Waals surface area contributed by atoms with Crippen LogP contribution in [0, 0.1) is 10.1 Å². The van der Waals surface area contributed by atoms with Crippen LogP contribution < -0.4 is 14.9 Å². The second kappa shape index (κ2) is 8.87. The van der Waals surface area contributed by atoms with Gasteiger partial charge in [0.05, 0.1) is 28.3 Å². The molecular formula is C24H17BrN4O4. The average molecular weight is 505 g/mol. The van der Waals surface area contributed by atoms with E-state index < -0.39 is 4.92 Å². The number of nitro groups is 1. The molecule has 0 amide bonds. The molecule has 0 saturated heterocycles. The number of benzene rings is 3. The molecule has 3 aromatic carbocycles. The normalized spacial score (nSPS) is 12.8. The Morgan fingerprint density at radius 1 is 1.03 bits per heavy atom. The zero-order valence-electron chi connectivity index (χ0n) is 17.2. The van der Waals surface area contributed by atoms with Crippen molar-refractivity contribution in [2.45, 2.75) is 0 Å². The Bertz CT molecular complexity index is 1390. The van der Waals surface area contributed by atoms with E-state index in [-0.39, 0.29) is 5.69 Å². The van der Waals surface area contributed by atoms with Crippen LogP contribution in [0.15, 0.2) is 76.3 Å². The SMILES string of the molecule is O=[N+]([O-])c1cc2c(cc1/C=N/Nc1cc(-c3ccccc3)c3cc(Br)ccc3n1)OCCO2. The molecule has 0 aliphatic carbocycles. The molecular weight excluding hydrogens is 488 g/mol. The molecule has 1 N–H and O–H groups in total. The van der Waals surface area contributed by atoms with Gasteiger partial charge in [0.1, 0.15) is 19.0 Å². The van der Waals surface area contributed by atoms with E-state index in [0.29, 0.717) is 36.1 Å². The highest BCUT2D eigenvalue weighted by Gasteiger charge is 2.21. The predicted molar refractivity (Wildman–Crippen MR) is 130 cm³/mol. The number of hydrogen-bond donors (Lipinski definition) is 1. The maximum absolute atomic E-state index is 11.5. The summed E-state index contributed by atoms with van der Waals surface area (Å²) in [4.78, 5) is 15.7. The largest absolute Gasteiger partial charge is 0.486 e. The third kappa shape index (κ3) is 4.35. The summed E-state index contributed by atoms with van der Waals surface area (Å²) < 4.78 is 11.9. The van der Waals surface area contributed by atoms with Gasteiger partial charge in [-0.25, -0.2) is 4.98 Å². The Labute approximate surface area is 197 Å². The monoisotopic (exact) mass is 504 g/mol.